The third-order valence-corrected chi connectivity index (χ3v) is 3.23. The third-order valence-electron chi connectivity index (χ3n) is 3.23. The Labute approximate surface area is 116 Å². The molecule has 0 spiro atoms. The lowest BCUT2D eigenvalue weighted by Gasteiger charge is -2.19. The Hall–Kier alpha value is -1.98. The lowest BCUT2D eigenvalue weighted by atomic mass is 9.95. The second kappa shape index (κ2) is 5.98. The average Bonchev–Trinajstić information content (AvgIpc) is 2.44. The van der Waals surface area contributed by atoms with Gasteiger partial charge in [-0.05, 0) is 47.9 Å². The standard InChI is InChI=1S/C15H16F2N2O/c1-9-3-5-11(16)8-12(9)15(19-18)10-4-6-14(20-2)13(17)7-10/h3-8,15,19H,18H2,1-2H3. The molecule has 3 N–H and O–H groups in total. The van der Waals surface area contributed by atoms with E-state index in [1.54, 1.807) is 12.1 Å². The predicted molar refractivity (Wildman–Crippen MR) is 73.3 cm³/mol. The highest BCUT2D eigenvalue weighted by atomic mass is 19.1. The first kappa shape index (κ1) is 14.4. The SMILES string of the molecule is COc1ccc(C(NN)c2cc(F)ccc2C)cc1F. The maximum atomic E-state index is 13.8. The molecule has 106 valence electrons. The summed E-state index contributed by atoms with van der Waals surface area (Å²) >= 11 is 0. The van der Waals surface area contributed by atoms with Crippen molar-refractivity contribution < 1.29 is 13.5 Å². The lowest BCUT2D eigenvalue weighted by Crippen LogP contribution is -2.29. The number of hydrogen-bond acceptors (Lipinski definition) is 3. The molecule has 20 heavy (non-hydrogen) atoms. The lowest BCUT2D eigenvalue weighted by molar-refractivity contribution is 0.385. The van der Waals surface area contributed by atoms with Crippen LogP contribution in [0.25, 0.3) is 0 Å². The van der Waals surface area contributed by atoms with Crippen LogP contribution in [0.5, 0.6) is 5.75 Å². The molecule has 0 fully saturated rings. The number of hydrogen-bond donors (Lipinski definition) is 2. The van der Waals surface area contributed by atoms with Crippen LogP contribution in [0, 0.1) is 18.6 Å². The van der Waals surface area contributed by atoms with E-state index < -0.39 is 11.9 Å². The molecule has 0 aliphatic heterocycles. The zero-order valence-corrected chi connectivity index (χ0v) is 11.3. The van der Waals surface area contributed by atoms with Gasteiger partial charge in [0.1, 0.15) is 5.82 Å². The van der Waals surface area contributed by atoms with Gasteiger partial charge < -0.3 is 4.74 Å². The summed E-state index contributed by atoms with van der Waals surface area (Å²) in [5.74, 6) is 4.86. The van der Waals surface area contributed by atoms with Gasteiger partial charge in [-0.1, -0.05) is 12.1 Å². The largest absolute Gasteiger partial charge is 0.494 e. The minimum atomic E-state index is -0.494. The van der Waals surface area contributed by atoms with Crippen molar-refractivity contribution in [2.45, 2.75) is 13.0 Å². The highest BCUT2D eigenvalue weighted by Crippen LogP contribution is 2.28. The van der Waals surface area contributed by atoms with Crippen LogP contribution in [0.4, 0.5) is 8.78 Å². The first-order valence-corrected chi connectivity index (χ1v) is 6.12. The van der Waals surface area contributed by atoms with E-state index in [9.17, 15) is 8.78 Å². The molecule has 0 radical (unpaired) electrons. The first-order chi connectivity index (χ1) is 9.56. The zero-order chi connectivity index (χ0) is 14.7. The number of aryl methyl sites for hydroxylation is 1. The summed E-state index contributed by atoms with van der Waals surface area (Å²) < 4.78 is 32.0. The molecule has 0 amide bonds. The Morgan fingerprint density at radius 3 is 2.50 bits per heavy atom. The van der Waals surface area contributed by atoms with Crippen LogP contribution in [0.3, 0.4) is 0 Å². The van der Waals surface area contributed by atoms with E-state index in [0.29, 0.717) is 11.1 Å². The Balaban J connectivity index is 2.46. The Morgan fingerprint density at radius 1 is 1.15 bits per heavy atom. The Kier molecular flexibility index (Phi) is 4.32. The summed E-state index contributed by atoms with van der Waals surface area (Å²) in [6.07, 6.45) is 0. The van der Waals surface area contributed by atoms with Crippen molar-refractivity contribution in [2.24, 2.45) is 5.84 Å². The monoisotopic (exact) mass is 278 g/mol. The third kappa shape index (κ3) is 2.79. The summed E-state index contributed by atoms with van der Waals surface area (Å²) in [5, 5.41) is 0. The second-order valence-electron chi connectivity index (χ2n) is 4.49. The van der Waals surface area contributed by atoms with Crippen LogP contribution in [-0.4, -0.2) is 7.11 Å². The van der Waals surface area contributed by atoms with Gasteiger partial charge >= 0.3 is 0 Å². The summed E-state index contributed by atoms with van der Waals surface area (Å²) in [6.45, 7) is 1.85. The van der Waals surface area contributed by atoms with Crippen molar-refractivity contribution in [1.29, 1.82) is 0 Å². The van der Waals surface area contributed by atoms with Gasteiger partial charge in [-0.2, -0.15) is 0 Å². The molecule has 2 aromatic rings. The number of nitrogens with one attached hydrogen (secondary N) is 1. The van der Waals surface area contributed by atoms with Crippen LogP contribution in [-0.2, 0) is 0 Å². The fourth-order valence-corrected chi connectivity index (χ4v) is 2.15. The number of methoxy groups -OCH3 is 1. The number of benzene rings is 2. The van der Waals surface area contributed by atoms with Crippen molar-refractivity contribution in [3.05, 3.63) is 64.7 Å². The highest BCUT2D eigenvalue weighted by Gasteiger charge is 2.17. The van der Waals surface area contributed by atoms with E-state index in [-0.39, 0.29) is 11.6 Å². The summed E-state index contributed by atoms with van der Waals surface area (Å²) in [5.41, 5.74) is 4.72. The highest BCUT2D eigenvalue weighted by molar-refractivity contribution is 5.39. The fourth-order valence-electron chi connectivity index (χ4n) is 2.15. The molecule has 1 unspecified atom stereocenters. The molecule has 1 atom stereocenters. The molecule has 0 saturated carbocycles. The van der Waals surface area contributed by atoms with Gasteiger partial charge in [-0.15, -0.1) is 0 Å². The van der Waals surface area contributed by atoms with Crippen molar-refractivity contribution in [1.82, 2.24) is 5.43 Å². The predicted octanol–water partition coefficient (Wildman–Crippen LogP) is 2.83. The molecule has 5 heteroatoms. The van der Waals surface area contributed by atoms with Gasteiger partial charge in [0.2, 0.25) is 0 Å². The van der Waals surface area contributed by atoms with E-state index in [0.717, 1.165) is 5.56 Å². The van der Waals surface area contributed by atoms with E-state index in [1.165, 1.54) is 31.4 Å². The van der Waals surface area contributed by atoms with E-state index in [4.69, 9.17) is 10.6 Å². The van der Waals surface area contributed by atoms with Crippen molar-refractivity contribution >= 4 is 0 Å². The van der Waals surface area contributed by atoms with Crippen LogP contribution in [0.1, 0.15) is 22.7 Å². The van der Waals surface area contributed by atoms with E-state index in [1.807, 2.05) is 6.92 Å². The first-order valence-electron chi connectivity index (χ1n) is 6.12. The molecule has 0 aromatic heterocycles. The quantitative estimate of drug-likeness (QED) is 0.668. The summed E-state index contributed by atoms with van der Waals surface area (Å²) in [4.78, 5) is 0. The van der Waals surface area contributed by atoms with E-state index in [2.05, 4.69) is 5.43 Å². The van der Waals surface area contributed by atoms with E-state index >= 15 is 0 Å². The molecule has 0 saturated heterocycles. The number of rotatable bonds is 4. The van der Waals surface area contributed by atoms with Gasteiger partial charge in [0.05, 0.1) is 13.2 Å². The van der Waals surface area contributed by atoms with Gasteiger partial charge in [0, 0.05) is 0 Å². The van der Waals surface area contributed by atoms with Crippen LogP contribution in [0.2, 0.25) is 0 Å². The molecule has 2 rings (SSSR count). The maximum absolute atomic E-state index is 13.8. The average molecular weight is 278 g/mol. The maximum Gasteiger partial charge on any atom is 0.165 e. The summed E-state index contributed by atoms with van der Waals surface area (Å²) in [6, 6.07) is 8.47. The molecular formula is C15H16F2N2O. The van der Waals surface area contributed by atoms with Crippen LogP contribution in [0.15, 0.2) is 36.4 Å². The molecular weight excluding hydrogens is 262 g/mol. The Bertz CT molecular complexity index is 617. The summed E-state index contributed by atoms with van der Waals surface area (Å²) in [7, 11) is 1.40. The van der Waals surface area contributed by atoms with Crippen molar-refractivity contribution in [3.63, 3.8) is 0 Å². The second-order valence-corrected chi connectivity index (χ2v) is 4.49. The fraction of sp³-hybridized carbons (Fsp3) is 0.200. The molecule has 2 aromatic carbocycles. The van der Waals surface area contributed by atoms with Crippen molar-refractivity contribution in [2.75, 3.05) is 7.11 Å². The van der Waals surface area contributed by atoms with Crippen LogP contribution >= 0.6 is 0 Å². The smallest absolute Gasteiger partial charge is 0.165 e. The molecule has 3 nitrogen and oxygen atoms in total. The minimum absolute atomic E-state index is 0.153. The number of halogens is 2. The number of nitrogens with two attached hydrogens (primary N) is 1. The zero-order valence-electron chi connectivity index (χ0n) is 11.3. The minimum Gasteiger partial charge on any atom is -0.494 e. The molecule has 0 aliphatic carbocycles. The normalized spacial score (nSPS) is 12.2. The molecule has 0 aliphatic rings. The van der Waals surface area contributed by atoms with Gasteiger partial charge in [0.15, 0.2) is 11.6 Å². The molecule has 0 bridgehead atoms. The van der Waals surface area contributed by atoms with Gasteiger partial charge in [-0.25, -0.2) is 14.2 Å². The number of ether oxygens (including phenoxy) is 1. The number of hydrazine groups is 1. The van der Waals surface area contributed by atoms with Crippen LogP contribution < -0.4 is 16.0 Å². The van der Waals surface area contributed by atoms with Gasteiger partial charge in [-0.3, -0.25) is 5.84 Å². The van der Waals surface area contributed by atoms with Crippen molar-refractivity contribution in [3.8, 4) is 5.75 Å². The topological polar surface area (TPSA) is 47.3 Å². The Morgan fingerprint density at radius 2 is 1.90 bits per heavy atom. The van der Waals surface area contributed by atoms with Gasteiger partial charge in [0.25, 0.3) is 0 Å². The molecule has 0 heterocycles.